The first-order chi connectivity index (χ1) is 14.1. The highest BCUT2D eigenvalue weighted by molar-refractivity contribution is 6.44. The second-order valence-corrected chi connectivity index (χ2v) is 8.70. The fourth-order valence-corrected chi connectivity index (χ4v) is 3.87. The SMILES string of the molecule is Cc1ccc(NC(=O)c2c(C)c(C(=O)C(=O)NC(C)(C)CO)c3n2CCC3)cc1Cl. The third kappa shape index (κ3) is 4.13. The van der Waals surface area contributed by atoms with Crippen LogP contribution in [-0.4, -0.2) is 39.4 Å². The van der Waals surface area contributed by atoms with Crippen molar-refractivity contribution < 1.29 is 19.5 Å². The van der Waals surface area contributed by atoms with Crippen LogP contribution in [0.25, 0.3) is 0 Å². The molecule has 1 aromatic carbocycles. The van der Waals surface area contributed by atoms with E-state index in [0.717, 1.165) is 12.0 Å². The summed E-state index contributed by atoms with van der Waals surface area (Å²) in [6, 6.07) is 5.25. The van der Waals surface area contributed by atoms with Gasteiger partial charge in [0.25, 0.3) is 17.6 Å². The van der Waals surface area contributed by atoms with Gasteiger partial charge >= 0.3 is 0 Å². The van der Waals surface area contributed by atoms with Crippen molar-refractivity contribution in [1.29, 1.82) is 0 Å². The molecular formula is C22H26ClN3O4. The van der Waals surface area contributed by atoms with Crippen LogP contribution in [0.3, 0.4) is 0 Å². The summed E-state index contributed by atoms with van der Waals surface area (Å²) in [5.74, 6) is -1.85. The number of fused-ring (bicyclic) bond motifs is 1. The normalized spacial score (nSPS) is 13.1. The Labute approximate surface area is 180 Å². The van der Waals surface area contributed by atoms with Crippen molar-refractivity contribution in [2.75, 3.05) is 11.9 Å². The summed E-state index contributed by atoms with van der Waals surface area (Å²) < 4.78 is 1.82. The van der Waals surface area contributed by atoms with Gasteiger partial charge in [0, 0.05) is 22.9 Å². The molecule has 3 rings (SSSR count). The van der Waals surface area contributed by atoms with Crippen LogP contribution in [0.5, 0.6) is 0 Å². The maximum absolute atomic E-state index is 13.1. The summed E-state index contributed by atoms with van der Waals surface area (Å²) in [6.45, 7) is 7.11. The van der Waals surface area contributed by atoms with E-state index in [1.54, 1.807) is 32.9 Å². The maximum atomic E-state index is 13.1. The van der Waals surface area contributed by atoms with Gasteiger partial charge in [-0.1, -0.05) is 17.7 Å². The van der Waals surface area contributed by atoms with Crippen molar-refractivity contribution in [1.82, 2.24) is 9.88 Å². The van der Waals surface area contributed by atoms with Gasteiger partial charge in [0.2, 0.25) is 0 Å². The van der Waals surface area contributed by atoms with E-state index < -0.39 is 17.2 Å². The average molecular weight is 432 g/mol. The van der Waals surface area contributed by atoms with Crippen LogP contribution in [0, 0.1) is 13.8 Å². The number of benzene rings is 1. The number of aliphatic hydroxyl groups is 1. The number of aryl methyl sites for hydroxylation is 1. The molecule has 8 heteroatoms. The molecule has 1 aliphatic rings. The number of ketones is 1. The molecule has 2 aromatic rings. The largest absolute Gasteiger partial charge is 0.394 e. The van der Waals surface area contributed by atoms with Crippen molar-refractivity contribution in [3.63, 3.8) is 0 Å². The topological polar surface area (TPSA) is 100 Å². The summed E-state index contributed by atoms with van der Waals surface area (Å²) in [5.41, 5.74) is 2.35. The summed E-state index contributed by atoms with van der Waals surface area (Å²) in [5, 5.41) is 15.3. The Hall–Kier alpha value is -2.64. The summed E-state index contributed by atoms with van der Waals surface area (Å²) in [4.78, 5) is 38.5. The number of rotatable bonds is 6. The van der Waals surface area contributed by atoms with Crippen LogP contribution in [0.4, 0.5) is 5.69 Å². The molecule has 0 spiro atoms. The number of aromatic nitrogens is 1. The van der Waals surface area contributed by atoms with E-state index in [0.29, 0.717) is 40.6 Å². The zero-order valence-electron chi connectivity index (χ0n) is 17.6. The number of carbonyl (C=O) groups is 3. The molecule has 0 radical (unpaired) electrons. The zero-order valence-corrected chi connectivity index (χ0v) is 18.3. The van der Waals surface area contributed by atoms with Crippen LogP contribution in [0.1, 0.15) is 57.9 Å². The van der Waals surface area contributed by atoms with Crippen molar-refractivity contribution in [3.8, 4) is 0 Å². The van der Waals surface area contributed by atoms with Gasteiger partial charge in [-0.05, 0) is 63.8 Å². The second-order valence-electron chi connectivity index (χ2n) is 8.29. The van der Waals surface area contributed by atoms with E-state index in [-0.39, 0.29) is 18.1 Å². The van der Waals surface area contributed by atoms with Gasteiger partial charge in [-0.15, -0.1) is 0 Å². The molecule has 0 unspecified atom stereocenters. The number of aliphatic hydroxyl groups excluding tert-OH is 1. The lowest BCUT2D eigenvalue weighted by atomic mass is 10.0. The number of hydrogen-bond donors (Lipinski definition) is 3. The maximum Gasteiger partial charge on any atom is 0.292 e. The van der Waals surface area contributed by atoms with Crippen LogP contribution < -0.4 is 10.6 Å². The molecule has 2 amide bonds. The molecule has 0 saturated heterocycles. The first kappa shape index (κ1) is 22.1. The number of nitrogens with zero attached hydrogens (tertiary/aromatic N) is 1. The lowest BCUT2D eigenvalue weighted by Crippen LogP contribution is -2.49. The van der Waals surface area contributed by atoms with E-state index >= 15 is 0 Å². The van der Waals surface area contributed by atoms with Gasteiger partial charge < -0.3 is 20.3 Å². The smallest absolute Gasteiger partial charge is 0.292 e. The van der Waals surface area contributed by atoms with E-state index in [9.17, 15) is 19.5 Å². The summed E-state index contributed by atoms with van der Waals surface area (Å²) >= 11 is 6.15. The van der Waals surface area contributed by atoms with Gasteiger partial charge in [-0.25, -0.2) is 0 Å². The average Bonchev–Trinajstić information content (AvgIpc) is 3.23. The number of Topliss-reactive ketones (excluding diaryl/α,β-unsaturated/α-hetero) is 1. The molecule has 160 valence electrons. The predicted molar refractivity (Wildman–Crippen MR) is 115 cm³/mol. The van der Waals surface area contributed by atoms with Gasteiger partial charge in [0.15, 0.2) is 0 Å². The highest BCUT2D eigenvalue weighted by Gasteiger charge is 2.34. The fraction of sp³-hybridized carbons (Fsp3) is 0.409. The highest BCUT2D eigenvalue weighted by atomic mass is 35.5. The molecule has 1 aliphatic heterocycles. The standard InChI is InChI=1S/C22H26ClN3O4/c1-12-7-8-14(10-15(12)23)24-20(29)18-13(2)17(16-6-5-9-26(16)18)19(28)21(30)25-22(3,4)11-27/h7-8,10,27H,5-6,9,11H2,1-4H3,(H,24,29)(H,25,30). The first-order valence-electron chi connectivity index (χ1n) is 9.83. The van der Waals surface area contributed by atoms with Gasteiger partial charge in [0.1, 0.15) is 5.69 Å². The number of amides is 2. The molecule has 0 atom stereocenters. The minimum Gasteiger partial charge on any atom is -0.394 e. The molecule has 0 saturated carbocycles. The molecular weight excluding hydrogens is 406 g/mol. The summed E-state index contributed by atoms with van der Waals surface area (Å²) in [7, 11) is 0. The quantitative estimate of drug-likeness (QED) is 0.483. The van der Waals surface area contributed by atoms with Gasteiger partial charge in [0.05, 0.1) is 17.7 Å². The lowest BCUT2D eigenvalue weighted by Gasteiger charge is -2.22. The molecule has 0 bridgehead atoms. The Balaban J connectivity index is 1.94. The van der Waals surface area contributed by atoms with Crippen molar-refractivity contribution in [3.05, 3.63) is 51.3 Å². The van der Waals surface area contributed by atoms with E-state index in [1.807, 2.05) is 17.6 Å². The van der Waals surface area contributed by atoms with Crippen molar-refractivity contribution in [2.24, 2.45) is 0 Å². The Kier molecular flexibility index (Phi) is 6.06. The van der Waals surface area contributed by atoms with Gasteiger partial charge in [-0.3, -0.25) is 14.4 Å². The Morgan fingerprint density at radius 3 is 2.57 bits per heavy atom. The molecule has 0 aliphatic carbocycles. The predicted octanol–water partition coefficient (Wildman–Crippen LogP) is 3.03. The number of anilines is 1. The second kappa shape index (κ2) is 8.24. The number of carbonyl (C=O) groups excluding carboxylic acids is 3. The van der Waals surface area contributed by atoms with Crippen LogP contribution in [0.2, 0.25) is 5.02 Å². The molecule has 0 fully saturated rings. The number of nitrogens with one attached hydrogen (secondary N) is 2. The number of halogens is 1. The minimum absolute atomic E-state index is 0.269. The Bertz CT molecular complexity index is 1040. The van der Waals surface area contributed by atoms with E-state index in [4.69, 9.17) is 11.6 Å². The van der Waals surface area contributed by atoms with Crippen LogP contribution >= 0.6 is 11.6 Å². The van der Waals surface area contributed by atoms with Crippen molar-refractivity contribution >= 4 is 34.9 Å². The van der Waals surface area contributed by atoms with Crippen LogP contribution in [-0.2, 0) is 17.8 Å². The first-order valence-corrected chi connectivity index (χ1v) is 10.2. The molecule has 1 aromatic heterocycles. The fourth-order valence-electron chi connectivity index (χ4n) is 3.69. The molecule has 30 heavy (non-hydrogen) atoms. The third-order valence-corrected chi connectivity index (χ3v) is 5.74. The minimum atomic E-state index is -0.922. The van der Waals surface area contributed by atoms with Gasteiger partial charge in [-0.2, -0.15) is 0 Å². The monoisotopic (exact) mass is 431 g/mol. The number of hydrogen-bond acceptors (Lipinski definition) is 4. The molecule has 7 nitrogen and oxygen atoms in total. The Morgan fingerprint density at radius 1 is 1.23 bits per heavy atom. The van der Waals surface area contributed by atoms with E-state index in [1.165, 1.54) is 0 Å². The lowest BCUT2D eigenvalue weighted by molar-refractivity contribution is -0.119. The highest BCUT2D eigenvalue weighted by Crippen LogP contribution is 2.30. The van der Waals surface area contributed by atoms with Crippen LogP contribution in [0.15, 0.2) is 18.2 Å². The molecule has 3 N–H and O–H groups in total. The Morgan fingerprint density at radius 2 is 1.93 bits per heavy atom. The van der Waals surface area contributed by atoms with E-state index in [2.05, 4.69) is 10.6 Å². The molecule has 2 heterocycles. The zero-order chi connectivity index (χ0) is 22.2. The third-order valence-electron chi connectivity index (χ3n) is 5.34. The van der Waals surface area contributed by atoms with Crippen molar-refractivity contribution in [2.45, 2.75) is 52.6 Å². The summed E-state index contributed by atoms with van der Waals surface area (Å²) in [6.07, 6.45) is 1.40.